The molecule has 3 heterocycles. The van der Waals surface area contributed by atoms with Crippen molar-refractivity contribution in [2.24, 2.45) is 0 Å². The maximum absolute atomic E-state index is 14.5. The summed E-state index contributed by atoms with van der Waals surface area (Å²) < 4.78 is 50.1. The zero-order valence-electron chi connectivity index (χ0n) is 15.5. The van der Waals surface area contributed by atoms with E-state index in [-0.39, 0.29) is 18.2 Å². The van der Waals surface area contributed by atoms with Crippen LogP contribution in [0.1, 0.15) is 11.1 Å². The Balaban J connectivity index is 1.67. The Morgan fingerprint density at radius 1 is 1.27 bits per heavy atom. The highest BCUT2D eigenvalue weighted by atomic mass is 32.1. The van der Waals surface area contributed by atoms with Gasteiger partial charge in [0.2, 0.25) is 5.88 Å². The smallest absolute Gasteiger partial charge is 0.388 e. The molecule has 0 radical (unpaired) electrons. The molecule has 30 heavy (non-hydrogen) atoms. The van der Waals surface area contributed by atoms with E-state index in [4.69, 9.17) is 4.74 Å². The van der Waals surface area contributed by atoms with E-state index in [1.165, 1.54) is 17.4 Å². The number of aliphatic hydroxyl groups is 1. The topological polar surface area (TPSA) is 77.4 Å². The maximum Gasteiger partial charge on any atom is 0.388 e. The summed E-state index contributed by atoms with van der Waals surface area (Å²) in [6.45, 7) is -1.36. The molecule has 0 fully saturated rings. The van der Waals surface area contributed by atoms with Crippen LogP contribution in [0, 0.1) is 12.7 Å². The second-order valence-corrected chi connectivity index (χ2v) is 7.93. The molecule has 5 rings (SSSR count). The first-order valence-corrected chi connectivity index (χ1v) is 9.86. The van der Waals surface area contributed by atoms with Crippen LogP contribution in [-0.4, -0.2) is 39.4 Å². The third-order valence-electron chi connectivity index (χ3n) is 4.81. The van der Waals surface area contributed by atoms with E-state index in [2.05, 4.69) is 19.7 Å². The SMILES string of the molecule is Cc1cc(-c2nc3cc(F)c4c(c3s2)C[C@H](CO)O4)c2ncc(OC(F)F)nc2c1. The number of halogens is 3. The van der Waals surface area contributed by atoms with Crippen molar-refractivity contribution in [2.75, 3.05) is 6.61 Å². The number of aromatic nitrogens is 3. The number of alkyl halides is 2. The van der Waals surface area contributed by atoms with Crippen molar-refractivity contribution in [2.45, 2.75) is 26.1 Å². The molecule has 0 bridgehead atoms. The van der Waals surface area contributed by atoms with Gasteiger partial charge in [-0.15, -0.1) is 11.3 Å². The Hall–Kier alpha value is -2.98. The van der Waals surface area contributed by atoms with Gasteiger partial charge in [0.05, 0.1) is 34.1 Å². The van der Waals surface area contributed by atoms with E-state index in [1.807, 2.05) is 13.0 Å². The molecule has 6 nitrogen and oxygen atoms in total. The van der Waals surface area contributed by atoms with Gasteiger partial charge in [0.25, 0.3) is 0 Å². The van der Waals surface area contributed by atoms with Gasteiger partial charge in [0, 0.05) is 23.6 Å². The monoisotopic (exact) mass is 433 g/mol. The Morgan fingerprint density at radius 2 is 2.10 bits per heavy atom. The van der Waals surface area contributed by atoms with Crippen LogP contribution in [0.5, 0.6) is 11.6 Å². The number of hydrogen-bond acceptors (Lipinski definition) is 7. The summed E-state index contributed by atoms with van der Waals surface area (Å²) in [5.74, 6) is -0.641. The summed E-state index contributed by atoms with van der Waals surface area (Å²) in [4.78, 5) is 12.9. The number of nitrogens with zero attached hydrogens (tertiary/aromatic N) is 3. The van der Waals surface area contributed by atoms with E-state index < -0.39 is 18.5 Å². The molecule has 0 saturated heterocycles. The van der Waals surface area contributed by atoms with E-state index in [9.17, 15) is 18.3 Å². The lowest BCUT2D eigenvalue weighted by molar-refractivity contribution is -0.0528. The standard InChI is InChI=1S/C20H14F3N3O3S/c1-8-2-10(16-13(3-8)25-15(6-24-16)29-20(22)23)19-26-14-5-12(21)17-11(18(14)30-19)4-9(7-27)28-17/h2-3,5-6,9,20,27H,4,7H2,1H3/t9-/m1/s1. The molecule has 2 aromatic heterocycles. The molecular weight excluding hydrogens is 419 g/mol. The van der Waals surface area contributed by atoms with Crippen molar-refractivity contribution in [3.8, 4) is 22.2 Å². The fraction of sp³-hybridized carbons (Fsp3) is 0.250. The summed E-state index contributed by atoms with van der Waals surface area (Å²) in [6, 6.07) is 4.90. The molecule has 10 heteroatoms. The van der Waals surface area contributed by atoms with Gasteiger partial charge in [-0.3, -0.25) is 0 Å². The Morgan fingerprint density at radius 3 is 2.87 bits per heavy atom. The minimum absolute atomic E-state index is 0.152. The fourth-order valence-corrected chi connectivity index (χ4v) is 4.71. The first-order valence-electron chi connectivity index (χ1n) is 9.05. The predicted molar refractivity (Wildman–Crippen MR) is 105 cm³/mol. The lowest BCUT2D eigenvalue weighted by atomic mass is 10.1. The Kier molecular flexibility index (Phi) is 4.48. The van der Waals surface area contributed by atoms with Gasteiger partial charge in [0.15, 0.2) is 11.6 Å². The number of ether oxygens (including phenoxy) is 2. The van der Waals surface area contributed by atoms with Crippen molar-refractivity contribution >= 4 is 32.6 Å². The Labute approximate surface area is 171 Å². The summed E-state index contributed by atoms with van der Waals surface area (Å²) >= 11 is 1.36. The summed E-state index contributed by atoms with van der Waals surface area (Å²) in [5, 5.41) is 9.97. The molecule has 0 aliphatic carbocycles. The van der Waals surface area contributed by atoms with Crippen molar-refractivity contribution in [3.05, 3.63) is 41.3 Å². The maximum atomic E-state index is 14.5. The zero-order valence-corrected chi connectivity index (χ0v) is 16.3. The highest BCUT2D eigenvalue weighted by molar-refractivity contribution is 7.22. The molecule has 154 valence electrons. The molecule has 0 spiro atoms. The largest absolute Gasteiger partial charge is 0.484 e. The lowest BCUT2D eigenvalue weighted by Crippen LogP contribution is -2.17. The van der Waals surface area contributed by atoms with Gasteiger partial charge in [-0.2, -0.15) is 8.78 Å². The molecule has 1 aliphatic rings. The summed E-state index contributed by atoms with van der Waals surface area (Å²) in [6.07, 6.45) is 1.05. The van der Waals surface area contributed by atoms with Gasteiger partial charge >= 0.3 is 6.61 Å². The first kappa shape index (κ1) is 19.0. The molecule has 2 aromatic carbocycles. The molecule has 1 aliphatic heterocycles. The molecule has 1 atom stereocenters. The number of aryl methyl sites for hydroxylation is 1. The number of hydrogen-bond donors (Lipinski definition) is 1. The van der Waals surface area contributed by atoms with E-state index in [0.717, 1.165) is 16.5 Å². The third kappa shape index (κ3) is 3.12. The third-order valence-corrected chi connectivity index (χ3v) is 5.98. The van der Waals surface area contributed by atoms with Gasteiger partial charge in [-0.25, -0.2) is 19.3 Å². The van der Waals surface area contributed by atoms with Crippen molar-refractivity contribution in [1.29, 1.82) is 0 Å². The normalized spacial score (nSPS) is 15.7. The molecule has 4 aromatic rings. The van der Waals surface area contributed by atoms with E-state index in [0.29, 0.717) is 39.1 Å². The molecule has 0 amide bonds. The lowest BCUT2D eigenvalue weighted by Gasteiger charge is -2.07. The highest BCUT2D eigenvalue weighted by Gasteiger charge is 2.29. The van der Waals surface area contributed by atoms with Crippen LogP contribution in [0.25, 0.3) is 31.8 Å². The minimum atomic E-state index is -2.99. The summed E-state index contributed by atoms with van der Waals surface area (Å²) in [5.41, 5.74) is 3.52. The van der Waals surface area contributed by atoms with Crippen LogP contribution in [0.4, 0.5) is 13.2 Å². The van der Waals surface area contributed by atoms with E-state index >= 15 is 0 Å². The van der Waals surface area contributed by atoms with Crippen LogP contribution >= 0.6 is 11.3 Å². The van der Waals surface area contributed by atoms with Crippen LogP contribution in [0.15, 0.2) is 24.4 Å². The molecular formula is C20H14F3N3O3S. The molecule has 0 saturated carbocycles. The van der Waals surface area contributed by atoms with Crippen LogP contribution in [-0.2, 0) is 6.42 Å². The number of rotatable bonds is 4. The van der Waals surface area contributed by atoms with Crippen molar-refractivity contribution in [3.63, 3.8) is 0 Å². The van der Waals surface area contributed by atoms with E-state index in [1.54, 1.807) is 6.07 Å². The van der Waals surface area contributed by atoms with Gasteiger partial charge in [-0.1, -0.05) is 0 Å². The average Bonchev–Trinajstić information content (AvgIpc) is 3.30. The van der Waals surface area contributed by atoms with Crippen molar-refractivity contribution in [1.82, 2.24) is 15.0 Å². The number of fused-ring (bicyclic) bond motifs is 4. The molecule has 1 N–H and O–H groups in total. The van der Waals surface area contributed by atoms with Gasteiger partial charge < -0.3 is 14.6 Å². The second-order valence-electron chi connectivity index (χ2n) is 6.93. The molecule has 0 unspecified atom stereocenters. The summed E-state index contributed by atoms with van der Waals surface area (Å²) in [7, 11) is 0. The quantitative estimate of drug-likeness (QED) is 0.519. The van der Waals surface area contributed by atoms with Crippen LogP contribution < -0.4 is 9.47 Å². The van der Waals surface area contributed by atoms with Gasteiger partial charge in [-0.05, 0) is 24.6 Å². The Bertz CT molecular complexity index is 1290. The average molecular weight is 433 g/mol. The minimum Gasteiger partial charge on any atom is -0.484 e. The number of benzene rings is 2. The first-order chi connectivity index (χ1) is 14.4. The second kappa shape index (κ2) is 7.06. The fourth-order valence-electron chi connectivity index (χ4n) is 3.60. The van der Waals surface area contributed by atoms with Crippen LogP contribution in [0.2, 0.25) is 0 Å². The number of thiazole rings is 1. The zero-order chi connectivity index (χ0) is 21.0. The van der Waals surface area contributed by atoms with Crippen LogP contribution in [0.3, 0.4) is 0 Å². The van der Waals surface area contributed by atoms with Gasteiger partial charge in [0.1, 0.15) is 11.1 Å². The van der Waals surface area contributed by atoms with Crippen molar-refractivity contribution < 1.29 is 27.8 Å². The number of aliphatic hydroxyl groups excluding tert-OH is 1. The highest BCUT2D eigenvalue weighted by Crippen LogP contribution is 2.43. The predicted octanol–water partition coefficient (Wildman–Crippen LogP) is 4.25.